The molecule has 0 bridgehead atoms. The fourth-order valence-electron chi connectivity index (χ4n) is 2.19. The Balaban J connectivity index is 2.99. The molecule has 3 heteroatoms. The molecule has 20 heavy (non-hydrogen) atoms. The van der Waals surface area contributed by atoms with E-state index in [1.807, 2.05) is 12.1 Å². The van der Waals surface area contributed by atoms with Crippen LogP contribution in [-0.2, 0) is 0 Å². The molecule has 0 aliphatic heterocycles. The second-order valence-corrected chi connectivity index (χ2v) is 5.11. The first kappa shape index (κ1) is 16.6. The Bertz CT molecular complexity index is 429. The molecule has 0 aliphatic rings. The van der Waals surface area contributed by atoms with Gasteiger partial charge in [-0.15, -0.1) is 6.58 Å². The molecule has 1 unspecified atom stereocenters. The van der Waals surface area contributed by atoms with Gasteiger partial charge >= 0.3 is 0 Å². The SMILES string of the molecule is C=C(C)CCC(NCCC)c1cc(OC)ccc1OC. The Morgan fingerprint density at radius 3 is 2.60 bits per heavy atom. The Morgan fingerprint density at radius 2 is 2.05 bits per heavy atom. The Kier molecular flexibility index (Phi) is 7.16. The van der Waals surface area contributed by atoms with Crippen molar-refractivity contribution in [2.45, 2.75) is 39.2 Å². The maximum atomic E-state index is 5.49. The summed E-state index contributed by atoms with van der Waals surface area (Å²) in [6, 6.07) is 6.22. The van der Waals surface area contributed by atoms with E-state index in [0.717, 1.165) is 42.9 Å². The first-order valence-electron chi connectivity index (χ1n) is 7.22. The van der Waals surface area contributed by atoms with Gasteiger partial charge in [0.25, 0.3) is 0 Å². The second kappa shape index (κ2) is 8.64. The van der Waals surface area contributed by atoms with E-state index in [4.69, 9.17) is 9.47 Å². The van der Waals surface area contributed by atoms with E-state index >= 15 is 0 Å². The molecule has 0 aromatic heterocycles. The monoisotopic (exact) mass is 277 g/mol. The van der Waals surface area contributed by atoms with Crippen LogP contribution in [0.2, 0.25) is 0 Å². The van der Waals surface area contributed by atoms with Crippen LogP contribution in [0.25, 0.3) is 0 Å². The number of rotatable bonds is 9. The third kappa shape index (κ3) is 4.89. The third-order valence-corrected chi connectivity index (χ3v) is 3.31. The maximum absolute atomic E-state index is 5.49. The molecule has 3 nitrogen and oxygen atoms in total. The van der Waals surface area contributed by atoms with Crippen LogP contribution in [0.5, 0.6) is 11.5 Å². The molecular weight excluding hydrogens is 250 g/mol. The van der Waals surface area contributed by atoms with Crippen LogP contribution >= 0.6 is 0 Å². The van der Waals surface area contributed by atoms with Gasteiger partial charge in [-0.1, -0.05) is 12.5 Å². The molecule has 1 aromatic carbocycles. The predicted octanol–water partition coefficient (Wildman–Crippen LogP) is 4.10. The van der Waals surface area contributed by atoms with E-state index in [1.54, 1.807) is 14.2 Å². The molecule has 0 aliphatic carbocycles. The molecule has 0 amide bonds. The van der Waals surface area contributed by atoms with E-state index in [-0.39, 0.29) is 6.04 Å². The minimum absolute atomic E-state index is 0.261. The molecule has 0 saturated carbocycles. The van der Waals surface area contributed by atoms with Gasteiger partial charge in [0.1, 0.15) is 11.5 Å². The molecule has 1 N–H and O–H groups in total. The highest BCUT2D eigenvalue weighted by Gasteiger charge is 2.16. The number of benzene rings is 1. The van der Waals surface area contributed by atoms with Crippen molar-refractivity contribution >= 4 is 0 Å². The maximum Gasteiger partial charge on any atom is 0.123 e. The molecule has 0 fully saturated rings. The fourth-order valence-corrected chi connectivity index (χ4v) is 2.19. The van der Waals surface area contributed by atoms with E-state index in [0.29, 0.717) is 0 Å². The van der Waals surface area contributed by atoms with Crippen LogP contribution in [-0.4, -0.2) is 20.8 Å². The number of methoxy groups -OCH3 is 2. The van der Waals surface area contributed by atoms with Gasteiger partial charge in [-0.2, -0.15) is 0 Å². The highest BCUT2D eigenvalue weighted by molar-refractivity contribution is 5.42. The molecule has 0 saturated heterocycles. The summed E-state index contributed by atoms with van der Waals surface area (Å²) < 4.78 is 10.8. The van der Waals surface area contributed by atoms with Gasteiger partial charge in [0.05, 0.1) is 14.2 Å². The molecule has 0 radical (unpaired) electrons. The van der Waals surface area contributed by atoms with Crippen molar-refractivity contribution in [2.75, 3.05) is 20.8 Å². The zero-order valence-electron chi connectivity index (χ0n) is 13.2. The van der Waals surface area contributed by atoms with Gasteiger partial charge in [0.2, 0.25) is 0 Å². The number of allylic oxidation sites excluding steroid dienone is 1. The quantitative estimate of drug-likeness (QED) is 0.689. The number of nitrogens with one attached hydrogen (secondary N) is 1. The average molecular weight is 277 g/mol. The van der Waals surface area contributed by atoms with E-state index in [9.17, 15) is 0 Å². The largest absolute Gasteiger partial charge is 0.497 e. The molecule has 1 atom stereocenters. The number of ether oxygens (including phenoxy) is 2. The van der Waals surface area contributed by atoms with Gasteiger partial charge in [-0.05, 0) is 50.9 Å². The summed E-state index contributed by atoms with van der Waals surface area (Å²) in [4.78, 5) is 0. The van der Waals surface area contributed by atoms with Crippen LogP contribution in [0.3, 0.4) is 0 Å². The van der Waals surface area contributed by atoms with Crippen molar-refractivity contribution in [3.63, 3.8) is 0 Å². The van der Waals surface area contributed by atoms with Crippen molar-refractivity contribution < 1.29 is 9.47 Å². The Morgan fingerprint density at radius 1 is 1.30 bits per heavy atom. The first-order chi connectivity index (χ1) is 9.62. The number of hydrogen-bond acceptors (Lipinski definition) is 3. The van der Waals surface area contributed by atoms with Gasteiger partial charge in [0, 0.05) is 11.6 Å². The van der Waals surface area contributed by atoms with Crippen molar-refractivity contribution in [2.24, 2.45) is 0 Å². The number of hydrogen-bond donors (Lipinski definition) is 1. The molecular formula is C17H27NO2. The van der Waals surface area contributed by atoms with Crippen LogP contribution < -0.4 is 14.8 Å². The molecule has 1 rings (SSSR count). The lowest BCUT2D eigenvalue weighted by Gasteiger charge is -2.22. The highest BCUT2D eigenvalue weighted by Crippen LogP contribution is 2.32. The minimum Gasteiger partial charge on any atom is -0.497 e. The van der Waals surface area contributed by atoms with Crippen LogP contribution in [0.15, 0.2) is 30.4 Å². The fraction of sp³-hybridized carbons (Fsp3) is 0.529. The highest BCUT2D eigenvalue weighted by atomic mass is 16.5. The van der Waals surface area contributed by atoms with Crippen molar-refractivity contribution in [1.82, 2.24) is 5.32 Å². The zero-order valence-corrected chi connectivity index (χ0v) is 13.2. The topological polar surface area (TPSA) is 30.5 Å². The van der Waals surface area contributed by atoms with Gasteiger partial charge in [-0.25, -0.2) is 0 Å². The van der Waals surface area contributed by atoms with Crippen LogP contribution in [0.1, 0.15) is 44.7 Å². The molecule has 0 spiro atoms. The first-order valence-corrected chi connectivity index (χ1v) is 7.22. The molecule has 112 valence electrons. The van der Waals surface area contributed by atoms with Crippen LogP contribution in [0, 0.1) is 0 Å². The van der Waals surface area contributed by atoms with Gasteiger partial charge in [-0.3, -0.25) is 0 Å². The summed E-state index contributed by atoms with van der Waals surface area (Å²) in [5.41, 5.74) is 2.36. The standard InChI is InChI=1S/C17H27NO2/c1-6-11-18-16(9-7-13(2)3)15-12-14(19-4)8-10-17(15)20-5/h8,10,12,16,18H,2,6-7,9,11H2,1,3-5H3. The summed E-state index contributed by atoms with van der Waals surface area (Å²) in [7, 11) is 3.40. The van der Waals surface area contributed by atoms with Gasteiger partial charge < -0.3 is 14.8 Å². The summed E-state index contributed by atoms with van der Waals surface area (Å²) in [5.74, 6) is 1.76. The Labute approximate surface area is 123 Å². The van der Waals surface area contributed by atoms with E-state index in [1.165, 1.54) is 5.57 Å². The lowest BCUT2D eigenvalue weighted by molar-refractivity contribution is 0.386. The van der Waals surface area contributed by atoms with Crippen molar-refractivity contribution in [3.05, 3.63) is 35.9 Å². The van der Waals surface area contributed by atoms with Gasteiger partial charge in [0.15, 0.2) is 0 Å². The minimum atomic E-state index is 0.261. The Hall–Kier alpha value is -1.48. The van der Waals surface area contributed by atoms with Crippen LogP contribution in [0.4, 0.5) is 0 Å². The second-order valence-electron chi connectivity index (χ2n) is 5.11. The summed E-state index contributed by atoms with van der Waals surface area (Å²) in [6.45, 7) is 9.22. The summed E-state index contributed by atoms with van der Waals surface area (Å²) in [5, 5.41) is 3.59. The van der Waals surface area contributed by atoms with E-state index < -0.39 is 0 Å². The zero-order chi connectivity index (χ0) is 15.0. The van der Waals surface area contributed by atoms with Crippen molar-refractivity contribution in [3.8, 4) is 11.5 Å². The smallest absolute Gasteiger partial charge is 0.123 e. The lowest BCUT2D eigenvalue weighted by atomic mass is 9.98. The third-order valence-electron chi connectivity index (χ3n) is 3.31. The molecule has 1 aromatic rings. The summed E-state index contributed by atoms with van der Waals surface area (Å²) >= 11 is 0. The predicted molar refractivity (Wildman–Crippen MR) is 84.6 cm³/mol. The normalized spacial score (nSPS) is 12.0. The van der Waals surface area contributed by atoms with E-state index in [2.05, 4.69) is 31.8 Å². The lowest BCUT2D eigenvalue weighted by Crippen LogP contribution is -2.22. The van der Waals surface area contributed by atoms with Crippen molar-refractivity contribution in [1.29, 1.82) is 0 Å². The molecule has 0 heterocycles. The average Bonchev–Trinajstić information content (AvgIpc) is 2.46. The summed E-state index contributed by atoms with van der Waals surface area (Å²) in [6.07, 6.45) is 3.12.